The standard InChI is InChI=1S/C18H19N3O4S/c1-2-24-15-6-8-17(9-7-15)26(22,23)21-14-5-10-18(19-12-14)20-13-16-4-3-11-25-16/h3-12,21H,2,13H2,1H3,(H,19,20). The van der Waals surface area contributed by atoms with Crippen molar-refractivity contribution in [3.05, 3.63) is 66.8 Å². The third-order valence-corrected chi connectivity index (χ3v) is 4.88. The van der Waals surface area contributed by atoms with E-state index in [1.807, 2.05) is 19.1 Å². The Kier molecular flexibility index (Phi) is 5.43. The fraction of sp³-hybridized carbons (Fsp3) is 0.167. The van der Waals surface area contributed by atoms with Crippen LogP contribution in [0.4, 0.5) is 11.5 Å². The van der Waals surface area contributed by atoms with Crippen LogP contribution < -0.4 is 14.8 Å². The van der Waals surface area contributed by atoms with Crippen molar-refractivity contribution in [2.45, 2.75) is 18.4 Å². The fourth-order valence-corrected chi connectivity index (χ4v) is 3.29. The Bertz CT molecular complexity index is 922. The van der Waals surface area contributed by atoms with Gasteiger partial charge in [0.05, 0.1) is 36.2 Å². The molecule has 0 aliphatic carbocycles. The van der Waals surface area contributed by atoms with E-state index >= 15 is 0 Å². The zero-order valence-electron chi connectivity index (χ0n) is 14.2. The molecule has 0 radical (unpaired) electrons. The van der Waals surface area contributed by atoms with E-state index in [4.69, 9.17) is 9.15 Å². The van der Waals surface area contributed by atoms with Gasteiger partial charge in [0, 0.05) is 0 Å². The molecular formula is C18H19N3O4S. The minimum atomic E-state index is -3.69. The van der Waals surface area contributed by atoms with E-state index in [1.54, 1.807) is 30.5 Å². The molecule has 136 valence electrons. The number of pyridine rings is 1. The molecule has 0 atom stereocenters. The summed E-state index contributed by atoms with van der Waals surface area (Å²) in [5.41, 5.74) is 0.377. The molecule has 0 spiro atoms. The molecule has 0 saturated heterocycles. The first kappa shape index (κ1) is 17.8. The number of furan rings is 1. The first-order valence-electron chi connectivity index (χ1n) is 8.05. The lowest BCUT2D eigenvalue weighted by atomic mass is 10.3. The molecule has 7 nitrogen and oxygen atoms in total. The predicted molar refractivity (Wildman–Crippen MR) is 98.7 cm³/mol. The smallest absolute Gasteiger partial charge is 0.261 e. The number of aromatic nitrogens is 1. The number of rotatable bonds is 8. The Morgan fingerprint density at radius 2 is 1.92 bits per heavy atom. The van der Waals surface area contributed by atoms with Crippen molar-refractivity contribution in [1.82, 2.24) is 4.98 Å². The molecule has 2 aromatic heterocycles. The molecule has 0 amide bonds. The van der Waals surface area contributed by atoms with Gasteiger partial charge in [-0.2, -0.15) is 0 Å². The maximum atomic E-state index is 12.4. The van der Waals surface area contributed by atoms with Crippen LogP contribution in [-0.2, 0) is 16.6 Å². The molecule has 3 aromatic rings. The number of sulfonamides is 1. The van der Waals surface area contributed by atoms with Crippen LogP contribution in [0.2, 0.25) is 0 Å². The lowest BCUT2D eigenvalue weighted by Gasteiger charge is -2.10. The lowest BCUT2D eigenvalue weighted by Crippen LogP contribution is -2.13. The molecule has 8 heteroatoms. The van der Waals surface area contributed by atoms with Crippen LogP contribution in [0.1, 0.15) is 12.7 Å². The second-order valence-corrected chi connectivity index (χ2v) is 7.06. The second-order valence-electron chi connectivity index (χ2n) is 5.37. The Balaban J connectivity index is 1.63. The molecule has 2 heterocycles. The second kappa shape index (κ2) is 7.92. The molecule has 0 unspecified atom stereocenters. The number of benzene rings is 1. The maximum Gasteiger partial charge on any atom is 0.261 e. The highest BCUT2D eigenvalue weighted by Gasteiger charge is 2.14. The lowest BCUT2D eigenvalue weighted by molar-refractivity contribution is 0.340. The van der Waals surface area contributed by atoms with E-state index in [0.717, 1.165) is 5.76 Å². The number of ether oxygens (including phenoxy) is 1. The van der Waals surface area contributed by atoms with Gasteiger partial charge in [0.25, 0.3) is 10.0 Å². The topological polar surface area (TPSA) is 93.5 Å². The molecule has 0 saturated carbocycles. The zero-order chi connectivity index (χ0) is 18.4. The number of anilines is 2. The van der Waals surface area contributed by atoms with Crippen molar-refractivity contribution in [1.29, 1.82) is 0 Å². The van der Waals surface area contributed by atoms with Gasteiger partial charge in [-0.05, 0) is 55.5 Å². The third kappa shape index (κ3) is 4.54. The van der Waals surface area contributed by atoms with Gasteiger partial charge in [0.1, 0.15) is 17.3 Å². The largest absolute Gasteiger partial charge is 0.494 e. The van der Waals surface area contributed by atoms with Crippen molar-refractivity contribution in [3.8, 4) is 5.75 Å². The van der Waals surface area contributed by atoms with Crippen molar-refractivity contribution in [2.75, 3.05) is 16.6 Å². The highest BCUT2D eigenvalue weighted by molar-refractivity contribution is 7.92. The van der Waals surface area contributed by atoms with Gasteiger partial charge >= 0.3 is 0 Å². The van der Waals surface area contributed by atoms with Gasteiger partial charge in [0.15, 0.2) is 0 Å². The van der Waals surface area contributed by atoms with Crippen LogP contribution >= 0.6 is 0 Å². The molecule has 1 aromatic carbocycles. The monoisotopic (exact) mass is 373 g/mol. The van der Waals surface area contributed by atoms with Gasteiger partial charge < -0.3 is 14.5 Å². The summed E-state index contributed by atoms with van der Waals surface area (Å²) < 4.78 is 37.9. The van der Waals surface area contributed by atoms with Crippen LogP contribution in [0, 0.1) is 0 Å². The van der Waals surface area contributed by atoms with Gasteiger partial charge in [-0.3, -0.25) is 4.72 Å². The summed E-state index contributed by atoms with van der Waals surface area (Å²) in [6, 6.07) is 13.2. The molecule has 0 fully saturated rings. The summed E-state index contributed by atoms with van der Waals surface area (Å²) in [5, 5.41) is 3.09. The van der Waals surface area contributed by atoms with Crippen LogP contribution in [-0.4, -0.2) is 20.0 Å². The number of nitrogens with one attached hydrogen (secondary N) is 2. The van der Waals surface area contributed by atoms with Crippen LogP contribution in [0.5, 0.6) is 5.75 Å². The summed E-state index contributed by atoms with van der Waals surface area (Å²) in [5.74, 6) is 2.03. The van der Waals surface area contributed by atoms with Gasteiger partial charge in [0.2, 0.25) is 0 Å². The van der Waals surface area contributed by atoms with Crippen LogP contribution in [0.25, 0.3) is 0 Å². The molecule has 0 aliphatic heterocycles. The van der Waals surface area contributed by atoms with E-state index in [9.17, 15) is 8.42 Å². The Morgan fingerprint density at radius 1 is 1.12 bits per heavy atom. The highest BCUT2D eigenvalue weighted by atomic mass is 32.2. The normalized spacial score (nSPS) is 11.1. The average Bonchev–Trinajstić information content (AvgIpc) is 3.15. The van der Waals surface area contributed by atoms with E-state index in [0.29, 0.717) is 30.4 Å². The molecule has 26 heavy (non-hydrogen) atoms. The minimum Gasteiger partial charge on any atom is -0.494 e. The van der Waals surface area contributed by atoms with Crippen LogP contribution in [0.3, 0.4) is 0 Å². The van der Waals surface area contributed by atoms with Crippen molar-refractivity contribution in [3.63, 3.8) is 0 Å². The fourth-order valence-electron chi connectivity index (χ4n) is 2.25. The van der Waals surface area contributed by atoms with Gasteiger partial charge in [-0.25, -0.2) is 13.4 Å². The Hall–Kier alpha value is -3.00. The quantitative estimate of drug-likeness (QED) is 0.628. The summed E-state index contributed by atoms with van der Waals surface area (Å²) in [6.07, 6.45) is 3.06. The Morgan fingerprint density at radius 3 is 2.54 bits per heavy atom. The van der Waals surface area contributed by atoms with E-state index < -0.39 is 10.0 Å². The van der Waals surface area contributed by atoms with Crippen LogP contribution in [0.15, 0.2) is 70.3 Å². The summed E-state index contributed by atoms with van der Waals surface area (Å²) in [4.78, 5) is 4.35. The van der Waals surface area contributed by atoms with E-state index in [1.165, 1.54) is 18.3 Å². The molecule has 3 rings (SSSR count). The predicted octanol–water partition coefficient (Wildman–Crippen LogP) is 3.49. The van der Waals surface area contributed by atoms with Crippen molar-refractivity contribution in [2.24, 2.45) is 0 Å². The summed E-state index contributed by atoms with van der Waals surface area (Å²) in [7, 11) is -3.69. The average molecular weight is 373 g/mol. The summed E-state index contributed by atoms with van der Waals surface area (Å²) in [6.45, 7) is 2.89. The molecule has 0 aliphatic rings. The molecular weight excluding hydrogens is 354 g/mol. The first-order valence-corrected chi connectivity index (χ1v) is 9.53. The zero-order valence-corrected chi connectivity index (χ0v) is 15.0. The van der Waals surface area contributed by atoms with Crippen molar-refractivity contribution < 1.29 is 17.6 Å². The molecule has 0 bridgehead atoms. The first-order chi connectivity index (χ1) is 12.6. The van der Waals surface area contributed by atoms with Gasteiger partial charge in [-0.15, -0.1) is 0 Å². The SMILES string of the molecule is CCOc1ccc(S(=O)(=O)Nc2ccc(NCc3ccco3)nc2)cc1. The number of nitrogens with zero attached hydrogens (tertiary/aromatic N) is 1. The minimum absolute atomic E-state index is 0.154. The van der Waals surface area contributed by atoms with Crippen molar-refractivity contribution >= 4 is 21.5 Å². The summed E-state index contributed by atoms with van der Waals surface area (Å²) >= 11 is 0. The van der Waals surface area contributed by atoms with E-state index in [-0.39, 0.29) is 4.90 Å². The number of hydrogen-bond acceptors (Lipinski definition) is 6. The van der Waals surface area contributed by atoms with Gasteiger partial charge in [-0.1, -0.05) is 0 Å². The number of hydrogen-bond donors (Lipinski definition) is 2. The third-order valence-electron chi connectivity index (χ3n) is 3.48. The molecule has 2 N–H and O–H groups in total. The van der Waals surface area contributed by atoms with E-state index in [2.05, 4.69) is 15.0 Å². The highest BCUT2D eigenvalue weighted by Crippen LogP contribution is 2.19. The Labute approximate surface area is 152 Å². The maximum absolute atomic E-state index is 12.4.